The summed E-state index contributed by atoms with van der Waals surface area (Å²) < 4.78 is 50.9. The highest BCUT2D eigenvalue weighted by molar-refractivity contribution is 6.00. The van der Waals surface area contributed by atoms with Gasteiger partial charge in [-0.05, 0) is 200 Å². The zero-order valence-electron chi connectivity index (χ0n) is 44.0. The van der Waals surface area contributed by atoms with Crippen molar-refractivity contribution in [2.24, 2.45) is 15.0 Å². The molecule has 0 atom stereocenters. The molecular formula is C63H63N3O12. The normalized spacial score (nSPS) is 11.1. The predicted molar refractivity (Wildman–Crippen MR) is 302 cm³/mol. The number of carbonyl (C=O) groups is 3. The lowest BCUT2D eigenvalue weighted by molar-refractivity contribution is 0.0444. The van der Waals surface area contributed by atoms with E-state index >= 15 is 0 Å². The van der Waals surface area contributed by atoms with Crippen LogP contribution in [0.2, 0.25) is 0 Å². The molecule has 0 bridgehead atoms. The van der Waals surface area contributed by atoms with Gasteiger partial charge in [-0.1, -0.05) is 20.8 Å². The summed E-state index contributed by atoms with van der Waals surface area (Å²) in [5, 5.41) is 0. The highest BCUT2D eigenvalue weighted by Crippen LogP contribution is 2.23. The van der Waals surface area contributed by atoms with Crippen LogP contribution < -0.4 is 28.4 Å². The number of rotatable bonds is 30. The SMILES string of the molecule is CCCOc1ccc(C=Nc2ccc(OCCOC(=O)c3cc(C(=O)OCCOc4ccc(N=Cc5ccc(OCCC)cc5)cc4)cc(C(=O)OCCOc4ccc(N=Cc5ccc(OCCC)cc5)cc4)c3)cc2)cc1. The smallest absolute Gasteiger partial charge is 0.338 e. The molecule has 402 valence electrons. The van der Waals surface area contributed by atoms with Crippen LogP contribution in [-0.4, -0.2) is 96.0 Å². The van der Waals surface area contributed by atoms with E-state index in [-0.39, 0.29) is 56.3 Å². The molecule has 0 saturated heterocycles. The van der Waals surface area contributed by atoms with Crippen LogP contribution in [0, 0.1) is 0 Å². The minimum Gasteiger partial charge on any atom is -0.494 e. The molecule has 0 heterocycles. The van der Waals surface area contributed by atoms with E-state index in [9.17, 15) is 14.4 Å². The molecule has 0 spiro atoms. The van der Waals surface area contributed by atoms with Gasteiger partial charge in [-0.15, -0.1) is 0 Å². The molecule has 0 aliphatic rings. The third-order valence-corrected chi connectivity index (χ3v) is 11.1. The monoisotopic (exact) mass is 1050 g/mol. The zero-order valence-corrected chi connectivity index (χ0v) is 44.0. The Bertz CT molecular complexity index is 2710. The van der Waals surface area contributed by atoms with Crippen LogP contribution in [0.4, 0.5) is 17.1 Å². The van der Waals surface area contributed by atoms with Gasteiger partial charge in [-0.3, -0.25) is 15.0 Å². The van der Waals surface area contributed by atoms with Gasteiger partial charge in [0.15, 0.2) is 0 Å². The van der Waals surface area contributed by atoms with Crippen molar-refractivity contribution >= 4 is 53.6 Å². The molecule has 0 saturated carbocycles. The van der Waals surface area contributed by atoms with E-state index in [1.807, 2.05) is 72.8 Å². The second kappa shape index (κ2) is 31.0. The molecule has 0 fully saturated rings. The Kier molecular flexibility index (Phi) is 22.4. The van der Waals surface area contributed by atoms with Gasteiger partial charge in [0.25, 0.3) is 0 Å². The molecule has 7 aromatic carbocycles. The maximum absolute atomic E-state index is 13.4. The van der Waals surface area contributed by atoms with Crippen LogP contribution in [-0.2, 0) is 14.2 Å². The minimum atomic E-state index is -0.797. The number of esters is 3. The number of carbonyl (C=O) groups excluding carboxylic acids is 3. The van der Waals surface area contributed by atoms with Crippen LogP contribution in [0.15, 0.2) is 179 Å². The number of ether oxygens (including phenoxy) is 9. The molecule has 7 rings (SSSR count). The largest absolute Gasteiger partial charge is 0.494 e. The van der Waals surface area contributed by atoms with Gasteiger partial charge >= 0.3 is 17.9 Å². The highest BCUT2D eigenvalue weighted by atomic mass is 16.6. The van der Waals surface area contributed by atoms with E-state index in [0.717, 1.165) is 70.3 Å². The lowest BCUT2D eigenvalue weighted by Gasteiger charge is -2.12. The Morgan fingerprint density at radius 2 is 0.526 bits per heavy atom. The van der Waals surface area contributed by atoms with E-state index in [1.165, 1.54) is 18.2 Å². The lowest BCUT2D eigenvalue weighted by atomic mass is 10.1. The Labute approximate surface area is 455 Å². The molecule has 0 unspecified atom stereocenters. The molecule has 0 aliphatic carbocycles. The Hall–Kier alpha value is -9.24. The van der Waals surface area contributed by atoms with Gasteiger partial charge in [0.1, 0.15) is 74.1 Å². The van der Waals surface area contributed by atoms with Crippen molar-refractivity contribution in [3.8, 4) is 34.5 Å². The summed E-state index contributed by atoms with van der Waals surface area (Å²) in [6.07, 6.45) is 8.10. The van der Waals surface area contributed by atoms with Gasteiger partial charge in [-0.2, -0.15) is 0 Å². The molecule has 15 heteroatoms. The Morgan fingerprint density at radius 3 is 0.756 bits per heavy atom. The average Bonchev–Trinajstić information content (AvgIpc) is 3.49. The molecule has 0 N–H and O–H groups in total. The fraction of sp³-hybridized carbons (Fsp3) is 0.238. The lowest BCUT2D eigenvalue weighted by Crippen LogP contribution is -2.17. The molecule has 0 amide bonds. The Morgan fingerprint density at radius 1 is 0.308 bits per heavy atom. The van der Waals surface area contributed by atoms with Crippen molar-refractivity contribution in [1.29, 1.82) is 0 Å². The number of aliphatic imine (C=N–C) groups is 3. The van der Waals surface area contributed by atoms with Crippen molar-refractivity contribution in [3.05, 3.63) is 197 Å². The highest BCUT2D eigenvalue weighted by Gasteiger charge is 2.20. The molecule has 15 nitrogen and oxygen atoms in total. The van der Waals surface area contributed by atoms with E-state index < -0.39 is 17.9 Å². The molecular weight excluding hydrogens is 991 g/mol. The van der Waals surface area contributed by atoms with Gasteiger partial charge in [0.05, 0.1) is 53.6 Å². The van der Waals surface area contributed by atoms with Crippen molar-refractivity contribution < 1.29 is 57.0 Å². The van der Waals surface area contributed by atoms with Crippen LogP contribution in [0.3, 0.4) is 0 Å². The molecule has 0 aliphatic heterocycles. The third-order valence-electron chi connectivity index (χ3n) is 11.1. The first-order valence-corrected chi connectivity index (χ1v) is 25.9. The zero-order chi connectivity index (χ0) is 54.6. The van der Waals surface area contributed by atoms with Crippen molar-refractivity contribution in [2.45, 2.75) is 40.0 Å². The summed E-state index contributed by atoms with van der Waals surface area (Å²) in [6.45, 7) is 7.85. The van der Waals surface area contributed by atoms with Crippen molar-refractivity contribution in [2.75, 3.05) is 59.5 Å². The van der Waals surface area contributed by atoms with Gasteiger partial charge in [0.2, 0.25) is 0 Å². The summed E-state index contributed by atoms with van der Waals surface area (Å²) in [4.78, 5) is 53.9. The fourth-order valence-corrected chi connectivity index (χ4v) is 7.06. The predicted octanol–water partition coefficient (Wildman–Crippen LogP) is 13.0. The van der Waals surface area contributed by atoms with Crippen LogP contribution >= 0.6 is 0 Å². The summed E-state index contributed by atoms with van der Waals surface area (Å²) in [5.74, 6) is 1.67. The number of nitrogens with zero attached hydrogens (tertiary/aromatic N) is 3. The Balaban J connectivity index is 0.906. The number of hydrogen-bond acceptors (Lipinski definition) is 15. The number of benzene rings is 7. The molecule has 78 heavy (non-hydrogen) atoms. The summed E-state index contributed by atoms with van der Waals surface area (Å²) >= 11 is 0. The average molecular weight is 1050 g/mol. The van der Waals surface area contributed by atoms with Gasteiger partial charge in [-0.25, -0.2) is 14.4 Å². The topological polar surface area (TPSA) is 171 Å². The first-order valence-electron chi connectivity index (χ1n) is 25.9. The number of hydrogen-bond donors (Lipinski definition) is 0. The van der Waals surface area contributed by atoms with Crippen molar-refractivity contribution in [1.82, 2.24) is 0 Å². The van der Waals surface area contributed by atoms with E-state index in [2.05, 4.69) is 35.7 Å². The first kappa shape index (κ1) is 56.5. The maximum atomic E-state index is 13.4. The summed E-state index contributed by atoms with van der Waals surface area (Å²) in [7, 11) is 0. The molecule has 0 aromatic heterocycles. The standard InChI is InChI=1S/C63H63N3O12/c1-4-31-70-55-19-7-46(8-20-55)43-64-52-13-25-58(26-14-52)73-34-37-76-61(67)49-40-50(62(68)77-38-35-74-59-27-15-53(16-28-59)65-44-47-9-21-56(22-10-47)71-32-5-2)42-51(41-49)63(69)78-39-36-75-60-29-17-54(18-30-60)66-45-48-11-23-57(24-12-48)72-33-6-3/h7-30,40-45H,4-6,31-39H2,1-3H3. The molecule has 0 radical (unpaired) electrons. The van der Waals surface area contributed by atoms with E-state index in [4.69, 9.17) is 42.6 Å². The van der Waals surface area contributed by atoms with Gasteiger partial charge < -0.3 is 42.6 Å². The van der Waals surface area contributed by atoms with E-state index in [0.29, 0.717) is 37.1 Å². The first-order chi connectivity index (χ1) is 38.2. The van der Waals surface area contributed by atoms with Crippen LogP contribution in [0.5, 0.6) is 34.5 Å². The second-order valence-electron chi connectivity index (χ2n) is 17.3. The quantitative estimate of drug-likeness (QED) is 0.0181. The van der Waals surface area contributed by atoms with Crippen molar-refractivity contribution in [3.63, 3.8) is 0 Å². The van der Waals surface area contributed by atoms with Gasteiger partial charge in [0, 0.05) is 18.6 Å². The summed E-state index contributed by atoms with van der Waals surface area (Å²) in [5.41, 5.74) is 4.73. The van der Waals surface area contributed by atoms with Crippen LogP contribution in [0.25, 0.3) is 0 Å². The fourth-order valence-electron chi connectivity index (χ4n) is 7.06. The minimum absolute atomic E-state index is 0.0248. The van der Waals surface area contributed by atoms with Crippen LogP contribution in [0.1, 0.15) is 87.8 Å². The van der Waals surface area contributed by atoms with E-state index in [1.54, 1.807) is 91.4 Å². The maximum Gasteiger partial charge on any atom is 0.338 e. The second-order valence-corrected chi connectivity index (χ2v) is 17.3. The molecule has 7 aromatic rings. The third kappa shape index (κ3) is 19.2. The summed E-state index contributed by atoms with van der Waals surface area (Å²) in [6, 6.07) is 48.4.